The molecular weight excluding hydrogens is 261 g/mol. The van der Waals surface area contributed by atoms with Gasteiger partial charge in [-0.2, -0.15) is 0 Å². The maximum Gasteiger partial charge on any atom is 0.257 e. The molecule has 0 radical (unpaired) electrons. The summed E-state index contributed by atoms with van der Waals surface area (Å²) < 4.78 is 18.3. The van der Waals surface area contributed by atoms with Crippen molar-refractivity contribution < 1.29 is 19.0 Å². The Morgan fingerprint density at radius 1 is 1.40 bits per heavy atom. The summed E-state index contributed by atoms with van der Waals surface area (Å²) in [5, 5.41) is 12.4. The van der Waals surface area contributed by atoms with Crippen LogP contribution in [0.4, 0.5) is 4.39 Å². The van der Waals surface area contributed by atoms with Gasteiger partial charge in [0, 0.05) is 6.54 Å². The van der Waals surface area contributed by atoms with Gasteiger partial charge in [0.25, 0.3) is 5.91 Å². The van der Waals surface area contributed by atoms with Crippen LogP contribution in [0.1, 0.15) is 27.2 Å². The molecule has 0 bridgehead atoms. The molecule has 1 amide bonds. The normalized spacial score (nSPS) is 12.8. The van der Waals surface area contributed by atoms with Crippen LogP contribution in [0.25, 0.3) is 0 Å². The van der Waals surface area contributed by atoms with E-state index < -0.39 is 11.9 Å². The van der Waals surface area contributed by atoms with Gasteiger partial charge in [-0.3, -0.25) is 4.79 Å². The van der Waals surface area contributed by atoms with Gasteiger partial charge >= 0.3 is 0 Å². The van der Waals surface area contributed by atoms with E-state index in [0.29, 0.717) is 13.0 Å². The van der Waals surface area contributed by atoms with E-state index in [9.17, 15) is 14.3 Å². The van der Waals surface area contributed by atoms with Crippen molar-refractivity contribution in [2.24, 2.45) is 5.41 Å². The van der Waals surface area contributed by atoms with Gasteiger partial charge < -0.3 is 15.2 Å². The molecule has 1 aromatic carbocycles. The zero-order valence-electron chi connectivity index (χ0n) is 12.1. The fourth-order valence-corrected chi connectivity index (χ4v) is 1.54. The van der Waals surface area contributed by atoms with Crippen LogP contribution in [-0.4, -0.2) is 30.3 Å². The van der Waals surface area contributed by atoms with Crippen LogP contribution in [0.5, 0.6) is 5.75 Å². The third-order valence-electron chi connectivity index (χ3n) is 2.94. The van der Waals surface area contributed by atoms with E-state index in [0.717, 1.165) is 0 Å². The Labute approximate surface area is 119 Å². The van der Waals surface area contributed by atoms with E-state index in [4.69, 9.17) is 4.74 Å². The molecule has 2 N–H and O–H groups in total. The summed E-state index contributed by atoms with van der Waals surface area (Å²) in [6.07, 6.45) is -0.0233. The second-order valence-corrected chi connectivity index (χ2v) is 5.74. The lowest BCUT2D eigenvalue weighted by molar-refractivity contribution is -0.123. The third kappa shape index (κ3) is 5.57. The third-order valence-corrected chi connectivity index (χ3v) is 2.94. The molecule has 5 heteroatoms. The molecule has 0 saturated carbocycles. The molecule has 20 heavy (non-hydrogen) atoms. The first-order valence-corrected chi connectivity index (χ1v) is 6.63. The zero-order valence-corrected chi connectivity index (χ0v) is 12.1. The SMILES string of the molecule is CC(C)(C)C(O)CCNC(=O)COc1ccccc1F. The minimum absolute atomic E-state index is 0.0531. The van der Waals surface area contributed by atoms with Gasteiger partial charge in [-0.1, -0.05) is 32.9 Å². The Balaban J connectivity index is 2.26. The summed E-state index contributed by atoms with van der Waals surface area (Å²) in [5.74, 6) is -0.782. The quantitative estimate of drug-likeness (QED) is 0.840. The number of ether oxygens (including phenoxy) is 1. The first-order valence-electron chi connectivity index (χ1n) is 6.63. The van der Waals surface area contributed by atoms with Gasteiger partial charge in [0.15, 0.2) is 18.2 Å². The first-order chi connectivity index (χ1) is 9.30. The molecule has 1 atom stereocenters. The molecular formula is C15H22FNO3. The van der Waals surface area contributed by atoms with Crippen molar-refractivity contribution in [2.75, 3.05) is 13.2 Å². The van der Waals surface area contributed by atoms with Crippen LogP contribution in [0.2, 0.25) is 0 Å². The summed E-state index contributed by atoms with van der Waals surface area (Å²) >= 11 is 0. The van der Waals surface area contributed by atoms with Crippen molar-refractivity contribution in [1.29, 1.82) is 0 Å². The molecule has 0 aliphatic heterocycles. The second kappa shape index (κ2) is 7.24. The summed E-state index contributed by atoms with van der Waals surface area (Å²) in [5.41, 5.74) is -0.214. The number of carbonyl (C=O) groups excluding carboxylic acids is 1. The number of benzene rings is 1. The molecule has 4 nitrogen and oxygen atoms in total. The molecule has 0 aliphatic rings. The maximum absolute atomic E-state index is 13.2. The lowest BCUT2D eigenvalue weighted by Gasteiger charge is -2.25. The Morgan fingerprint density at radius 3 is 2.65 bits per heavy atom. The van der Waals surface area contributed by atoms with Crippen LogP contribution in [0, 0.1) is 11.2 Å². The molecule has 112 valence electrons. The molecule has 1 rings (SSSR count). The number of rotatable bonds is 6. The molecule has 0 saturated heterocycles. The van der Waals surface area contributed by atoms with Crippen molar-refractivity contribution in [3.63, 3.8) is 0 Å². The number of hydrogen-bond donors (Lipinski definition) is 2. The van der Waals surface area contributed by atoms with Crippen molar-refractivity contribution in [2.45, 2.75) is 33.3 Å². The predicted molar refractivity (Wildman–Crippen MR) is 75.0 cm³/mol. The Morgan fingerprint density at radius 2 is 2.05 bits per heavy atom. The average molecular weight is 283 g/mol. The minimum Gasteiger partial charge on any atom is -0.481 e. The standard InChI is InChI=1S/C15H22FNO3/c1-15(2,3)13(18)8-9-17-14(19)10-20-12-7-5-4-6-11(12)16/h4-7,13,18H,8-10H2,1-3H3,(H,17,19). The number of nitrogens with one attached hydrogen (secondary N) is 1. The fraction of sp³-hybridized carbons (Fsp3) is 0.533. The fourth-order valence-electron chi connectivity index (χ4n) is 1.54. The van der Waals surface area contributed by atoms with Gasteiger partial charge in [0.2, 0.25) is 0 Å². The number of para-hydroxylation sites is 1. The summed E-state index contributed by atoms with van der Waals surface area (Å²) in [4.78, 5) is 11.5. The van der Waals surface area contributed by atoms with Crippen LogP contribution >= 0.6 is 0 Å². The van der Waals surface area contributed by atoms with Gasteiger partial charge in [-0.25, -0.2) is 4.39 Å². The maximum atomic E-state index is 13.2. The van der Waals surface area contributed by atoms with E-state index in [-0.39, 0.29) is 23.7 Å². The van der Waals surface area contributed by atoms with E-state index in [1.165, 1.54) is 12.1 Å². The summed E-state index contributed by atoms with van der Waals surface area (Å²) in [6.45, 7) is 5.91. The van der Waals surface area contributed by atoms with E-state index in [1.807, 2.05) is 20.8 Å². The average Bonchev–Trinajstić information content (AvgIpc) is 2.36. The van der Waals surface area contributed by atoms with E-state index in [2.05, 4.69) is 5.32 Å². The molecule has 1 unspecified atom stereocenters. The monoisotopic (exact) mass is 283 g/mol. The van der Waals surface area contributed by atoms with Crippen LogP contribution in [-0.2, 0) is 4.79 Å². The highest BCUT2D eigenvalue weighted by molar-refractivity contribution is 5.77. The lowest BCUT2D eigenvalue weighted by Crippen LogP contribution is -2.34. The topological polar surface area (TPSA) is 58.6 Å². The number of carbonyl (C=O) groups is 1. The van der Waals surface area contributed by atoms with E-state index in [1.54, 1.807) is 12.1 Å². The van der Waals surface area contributed by atoms with Crippen molar-refractivity contribution in [3.8, 4) is 5.75 Å². The molecule has 0 spiro atoms. The van der Waals surface area contributed by atoms with Crippen LogP contribution < -0.4 is 10.1 Å². The Bertz CT molecular complexity index is 443. The first kappa shape index (κ1) is 16.4. The van der Waals surface area contributed by atoms with Crippen molar-refractivity contribution in [1.82, 2.24) is 5.32 Å². The zero-order chi connectivity index (χ0) is 15.2. The van der Waals surface area contributed by atoms with Crippen LogP contribution in [0.15, 0.2) is 24.3 Å². The van der Waals surface area contributed by atoms with Crippen molar-refractivity contribution in [3.05, 3.63) is 30.1 Å². The Kier molecular flexibility index (Phi) is 5.95. The number of amides is 1. The van der Waals surface area contributed by atoms with Crippen molar-refractivity contribution >= 4 is 5.91 Å². The largest absolute Gasteiger partial charge is 0.481 e. The number of aliphatic hydroxyl groups excluding tert-OH is 1. The number of aliphatic hydroxyl groups is 1. The van der Waals surface area contributed by atoms with Crippen LogP contribution in [0.3, 0.4) is 0 Å². The highest BCUT2D eigenvalue weighted by Gasteiger charge is 2.21. The highest BCUT2D eigenvalue weighted by atomic mass is 19.1. The minimum atomic E-state index is -0.497. The molecule has 1 aromatic rings. The van der Waals surface area contributed by atoms with Gasteiger partial charge in [-0.05, 0) is 24.0 Å². The lowest BCUT2D eigenvalue weighted by atomic mass is 9.87. The van der Waals surface area contributed by atoms with Gasteiger partial charge in [0.1, 0.15) is 0 Å². The summed E-state index contributed by atoms with van der Waals surface area (Å²) in [7, 11) is 0. The number of halogens is 1. The van der Waals surface area contributed by atoms with Gasteiger partial charge in [-0.15, -0.1) is 0 Å². The molecule has 0 aliphatic carbocycles. The highest BCUT2D eigenvalue weighted by Crippen LogP contribution is 2.20. The number of hydrogen-bond acceptors (Lipinski definition) is 3. The van der Waals surface area contributed by atoms with Gasteiger partial charge in [0.05, 0.1) is 6.10 Å². The smallest absolute Gasteiger partial charge is 0.257 e. The Hall–Kier alpha value is -1.62. The summed E-state index contributed by atoms with van der Waals surface area (Å²) in [6, 6.07) is 5.92. The molecule has 0 fully saturated rings. The predicted octanol–water partition coefficient (Wildman–Crippen LogP) is 2.12. The molecule has 0 heterocycles. The van der Waals surface area contributed by atoms with E-state index >= 15 is 0 Å². The molecule has 0 aromatic heterocycles. The second-order valence-electron chi connectivity index (χ2n) is 5.74.